The first-order valence-electron chi connectivity index (χ1n) is 11.2. The Labute approximate surface area is 242 Å². The quantitative estimate of drug-likeness (QED) is 0.192. The molecule has 1 aliphatic heterocycles. The van der Waals surface area contributed by atoms with E-state index in [4.69, 9.17) is 32.1 Å². The van der Waals surface area contributed by atoms with Gasteiger partial charge >= 0.3 is 16.1 Å². The summed E-state index contributed by atoms with van der Waals surface area (Å²) in [6.07, 6.45) is 1.24. The number of hydrogen-bond donors (Lipinski definition) is 1. The van der Waals surface area contributed by atoms with E-state index >= 15 is 0 Å². The third-order valence-corrected chi connectivity index (χ3v) is 7.97. The molecule has 3 aromatic carbocycles. The number of barbiturate groups is 1. The topological polar surface area (TPSA) is 119 Å². The van der Waals surface area contributed by atoms with Gasteiger partial charge in [0.25, 0.3) is 11.8 Å². The summed E-state index contributed by atoms with van der Waals surface area (Å²) in [6.45, 7) is 3.67. The molecular formula is C26H19BrCl2N2O7S. The number of aryl methyl sites for hydroxylation is 1. The lowest BCUT2D eigenvalue weighted by Crippen LogP contribution is -2.54. The van der Waals surface area contributed by atoms with E-state index in [2.05, 4.69) is 21.2 Å². The standard InChI is InChI=1S/C26H19BrCl2N2O7S/c1-3-37-22-12-15(11-19(27)23(22)38-39(35,36)17-7-4-14(2)5-8-17)10-18-24(32)30-26(34)31(25(18)33)16-6-9-20(28)21(29)13-16/h4-13H,3H2,1-2H3,(H,30,32,34)/b18-10+. The number of nitrogens with zero attached hydrogens (tertiary/aromatic N) is 1. The van der Waals surface area contributed by atoms with E-state index in [-0.39, 0.29) is 54.3 Å². The van der Waals surface area contributed by atoms with E-state index in [0.29, 0.717) is 0 Å². The Balaban J connectivity index is 1.72. The number of halogens is 3. The first-order valence-corrected chi connectivity index (χ1v) is 14.2. The van der Waals surface area contributed by atoms with Gasteiger partial charge in [-0.15, -0.1) is 0 Å². The van der Waals surface area contributed by atoms with Crippen LogP contribution >= 0.6 is 39.1 Å². The molecule has 202 valence electrons. The summed E-state index contributed by atoms with van der Waals surface area (Å²) in [7, 11) is -4.21. The van der Waals surface area contributed by atoms with Gasteiger partial charge in [-0.25, -0.2) is 9.69 Å². The van der Waals surface area contributed by atoms with E-state index < -0.39 is 28.0 Å². The molecule has 4 amide bonds. The van der Waals surface area contributed by atoms with Crippen LogP contribution in [-0.4, -0.2) is 32.9 Å². The maximum atomic E-state index is 13.2. The minimum Gasteiger partial charge on any atom is -0.490 e. The van der Waals surface area contributed by atoms with Crippen molar-refractivity contribution in [1.82, 2.24) is 5.32 Å². The molecule has 0 unspecified atom stereocenters. The van der Waals surface area contributed by atoms with Crippen LogP contribution in [-0.2, 0) is 19.7 Å². The van der Waals surface area contributed by atoms with E-state index in [1.165, 1.54) is 48.5 Å². The van der Waals surface area contributed by atoms with Gasteiger partial charge in [0.1, 0.15) is 10.5 Å². The number of carbonyl (C=O) groups is 3. The monoisotopic (exact) mass is 652 g/mol. The maximum absolute atomic E-state index is 13.2. The van der Waals surface area contributed by atoms with E-state index in [0.717, 1.165) is 10.5 Å². The van der Waals surface area contributed by atoms with Gasteiger partial charge in [0.05, 0.1) is 26.8 Å². The minimum absolute atomic E-state index is 0.0375. The Morgan fingerprint density at radius 1 is 1.00 bits per heavy atom. The van der Waals surface area contributed by atoms with Crippen molar-refractivity contribution in [1.29, 1.82) is 0 Å². The Morgan fingerprint density at radius 2 is 1.69 bits per heavy atom. The second kappa shape index (κ2) is 11.4. The molecule has 0 aliphatic carbocycles. The number of rotatable bonds is 7. The molecule has 1 saturated heterocycles. The van der Waals surface area contributed by atoms with Crippen LogP contribution in [0.25, 0.3) is 6.08 Å². The molecule has 1 N–H and O–H groups in total. The summed E-state index contributed by atoms with van der Waals surface area (Å²) in [6, 6.07) is 12.2. The number of imide groups is 2. The fourth-order valence-electron chi connectivity index (χ4n) is 3.56. The second-order valence-corrected chi connectivity index (χ2v) is 11.4. The van der Waals surface area contributed by atoms with E-state index in [1.807, 2.05) is 6.92 Å². The molecule has 0 bridgehead atoms. The predicted octanol–water partition coefficient (Wildman–Crippen LogP) is 5.90. The highest BCUT2D eigenvalue weighted by molar-refractivity contribution is 9.10. The van der Waals surface area contributed by atoms with Crippen molar-refractivity contribution in [2.45, 2.75) is 18.7 Å². The molecule has 0 atom stereocenters. The largest absolute Gasteiger partial charge is 0.490 e. The van der Waals surface area contributed by atoms with Gasteiger partial charge in [0.15, 0.2) is 11.5 Å². The lowest BCUT2D eigenvalue weighted by atomic mass is 10.1. The number of anilines is 1. The molecule has 1 aliphatic rings. The molecule has 39 heavy (non-hydrogen) atoms. The summed E-state index contributed by atoms with van der Waals surface area (Å²) < 4.78 is 37.0. The first-order chi connectivity index (χ1) is 18.4. The molecule has 3 aromatic rings. The van der Waals surface area contributed by atoms with Gasteiger partial charge in [-0.1, -0.05) is 40.9 Å². The van der Waals surface area contributed by atoms with Crippen molar-refractivity contribution in [3.05, 3.63) is 85.8 Å². The van der Waals surface area contributed by atoms with Crippen molar-refractivity contribution < 1.29 is 31.7 Å². The van der Waals surface area contributed by atoms with Crippen molar-refractivity contribution >= 4 is 78.9 Å². The number of carbonyl (C=O) groups excluding carboxylic acids is 3. The maximum Gasteiger partial charge on any atom is 0.339 e. The molecule has 13 heteroatoms. The third-order valence-electron chi connectivity index (χ3n) is 5.41. The highest BCUT2D eigenvalue weighted by Crippen LogP contribution is 2.39. The minimum atomic E-state index is -4.21. The number of nitrogens with one attached hydrogen (secondary N) is 1. The van der Waals surface area contributed by atoms with Crippen molar-refractivity contribution in [2.24, 2.45) is 0 Å². The smallest absolute Gasteiger partial charge is 0.339 e. The SMILES string of the molecule is CCOc1cc(/C=C2\C(=O)NC(=O)N(c3ccc(Cl)c(Cl)c3)C2=O)cc(Br)c1OS(=O)(=O)c1ccc(C)cc1. The third kappa shape index (κ3) is 6.11. The van der Waals surface area contributed by atoms with Gasteiger partial charge < -0.3 is 8.92 Å². The lowest BCUT2D eigenvalue weighted by molar-refractivity contribution is -0.122. The van der Waals surface area contributed by atoms with Crippen molar-refractivity contribution in [3.63, 3.8) is 0 Å². The number of hydrogen-bond acceptors (Lipinski definition) is 7. The van der Waals surface area contributed by atoms with Crippen LogP contribution < -0.4 is 19.1 Å². The van der Waals surface area contributed by atoms with Crippen LogP contribution in [0.4, 0.5) is 10.5 Å². The van der Waals surface area contributed by atoms with Crippen LogP contribution in [0, 0.1) is 6.92 Å². The second-order valence-electron chi connectivity index (χ2n) is 8.17. The number of amides is 4. The summed E-state index contributed by atoms with van der Waals surface area (Å²) in [5.41, 5.74) is 0.901. The van der Waals surface area contributed by atoms with E-state index in [1.54, 1.807) is 19.1 Å². The van der Waals surface area contributed by atoms with Crippen LogP contribution in [0.15, 0.2) is 69.5 Å². The Bertz CT molecular complexity index is 1640. The van der Waals surface area contributed by atoms with Gasteiger partial charge in [-0.2, -0.15) is 8.42 Å². The average Bonchev–Trinajstić information content (AvgIpc) is 2.86. The Kier molecular flexibility index (Phi) is 8.36. The zero-order valence-corrected chi connectivity index (χ0v) is 24.2. The summed E-state index contributed by atoms with van der Waals surface area (Å²) in [4.78, 5) is 39.0. The van der Waals surface area contributed by atoms with Crippen molar-refractivity contribution in [2.75, 3.05) is 11.5 Å². The Hall–Kier alpha value is -3.38. The average molecular weight is 654 g/mol. The zero-order valence-electron chi connectivity index (χ0n) is 20.3. The van der Waals surface area contributed by atoms with Crippen LogP contribution in [0.5, 0.6) is 11.5 Å². The molecular weight excluding hydrogens is 635 g/mol. The first kappa shape index (κ1) is 28.6. The highest BCUT2D eigenvalue weighted by atomic mass is 79.9. The number of ether oxygens (including phenoxy) is 1. The molecule has 4 rings (SSSR count). The van der Waals surface area contributed by atoms with Gasteiger partial charge in [-0.05, 0) is 83.9 Å². The highest BCUT2D eigenvalue weighted by Gasteiger charge is 2.37. The fourth-order valence-corrected chi connectivity index (χ4v) is 5.46. The molecule has 0 radical (unpaired) electrons. The molecule has 1 heterocycles. The van der Waals surface area contributed by atoms with Gasteiger partial charge in [0, 0.05) is 0 Å². The fraction of sp³-hybridized carbons (Fsp3) is 0.115. The molecule has 0 saturated carbocycles. The summed E-state index contributed by atoms with van der Waals surface area (Å²) in [5, 5.41) is 2.45. The summed E-state index contributed by atoms with van der Waals surface area (Å²) in [5.74, 6) is -1.90. The lowest BCUT2D eigenvalue weighted by Gasteiger charge is -2.26. The van der Waals surface area contributed by atoms with Crippen molar-refractivity contribution in [3.8, 4) is 11.5 Å². The van der Waals surface area contributed by atoms with Gasteiger partial charge in [-0.3, -0.25) is 14.9 Å². The van der Waals surface area contributed by atoms with Crippen LogP contribution in [0.1, 0.15) is 18.1 Å². The molecule has 0 aromatic heterocycles. The van der Waals surface area contributed by atoms with Crippen LogP contribution in [0.3, 0.4) is 0 Å². The zero-order chi connectivity index (χ0) is 28.5. The molecule has 9 nitrogen and oxygen atoms in total. The number of urea groups is 1. The molecule has 0 spiro atoms. The van der Waals surface area contributed by atoms with Crippen LogP contribution in [0.2, 0.25) is 10.0 Å². The summed E-state index contributed by atoms with van der Waals surface area (Å²) >= 11 is 15.3. The number of benzene rings is 3. The predicted molar refractivity (Wildman–Crippen MR) is 150 cm³/mol. The van der Waals surface area contributed by atoms with E-state index in [9.17, 15) is 22.8 Å². The normalized spacial score (nSPS) is 14.9. The Morgan fingerprint density at radius 3 is 2.33 bits per heavy atom. The van der Waals surface area contributed by atoms with Gasteiger partial charge in [0.2, 0.25) is 0 Å². The molecule has 1 fully saturated rings.